The van der Waals surface area contributed by atoms with Gasteiger partial charge in [-0.2, -0.15) is 0 Å². The van der Waals surface area contributed by atoms with Crippen molar-refractivity contribution in [2.45, 2.75) is 37.6 Å². The Labute approximate surface area is 158 Å². The smallest absolute Gasteiger partial charge is 0.141 e. The van der Waals surface area contributed by atoms with Crippen molar-refractivity contribution in [3.05, 3.63) is 42.0 Å². The molecule has 5 heteroatoms. The van der Waals surface area contributed by atoms with Gasteiger partial charge in [-0.25, -0.2) is 9.97 Å². The molecule has 2 fully saturated rings. The number of benzene rings is 1. The topological polar surface area (TPSA) is 55.0 Å². The normalized spacial score (nSPS) is 19.8. The number of nitrogens with two attached hydrogens (primary N) is 1. The van der Waals surface area contributed by atoms with E-state index in [0.29, 0.717) is 0 Å². The number of nitrogens with zero attached hydrogens (tertiary/aromatic N) is 3. The summed E-state index contributed by atoms with van der Waals surface area (Å²) < 4.78 is 0. The van der Waals surface area contributed by atoms with Crippen LogP contribution in [0.4, 0.5) is 5.82 Å². The summed E-state index contributed by atoms with van der Waals surface area (Å²) in [4.78, 5) is 12.7. The highest BCUT2D eigenvalue weighted by Crippen LogP contribution is 2.42. The Hall–Kier alpha value is -1.98. The molecule has 134 valence electrons. The molecule has 2 aliphatic rings. The highest BCUT2D eigenvalue weighted by Gasteiger charge is 2.40. The zero-order valence-corrected chi connectivity index (χ0v) is 15.7. The van der Waals surface area contributed by atoms with Crippen LogP contribution in [0.3, 0.4) is 0 Å². The number of hydrogen-bond donors (Lipinski definition) is 1. The molecule has 0 amide bonds. The first-order valence-corrected chi connectivity index (χ1v) is 10.4. The van der Waals surface area contributed by atoms with Gasteiger partial charge in [0.1, 0.15) is 17.0 Å². The summed E-state index contributed by atoms with van der Waals surface area (Å²) in [7, 11) is 0. The summed E-state index contributed by atoms with van der Waals surface area (Å²) in [5, 5.41) is 3.43. The third-order valence-corrected chi connectivity index (χ3v) is 6.82. The fourth-order valence-corrected chi connectivity index (χ4v) is 5.13. The second kappa shape index (κ2) is 6.32. The lowest BCUT2D eigenvalue weighted by molar-refractivity contribution is 0.345. The van der Waals surface area contributed by atoms with Crippen molar-refractivity contribution in [3.8, 4) is 11.1 Å². The van der Waals surface area contributed by atoms with Gasteiger partial charge in [0.25, 0.3) is 0 Å². The first-order valence-electron chi connectivity index (χ1n) is 9.53. The van der Waals surface area contributed by atoms with E-state index < -0.39 is 0 Å². The Morgan fingerprint density at radius 3 is 2.62 bits per heavy atom. The molecule has 4 nitrogen and oxygen atoms in total. The average molecular weight is 365 g/mol. The van der Waals surface area contributed by atoms with Crippen molar-refractivity contribution in [2.24, 2.45) is 11.7 Å². The number of piperidine rings is 1. The van der Waals surface area contributed by atoms with Gasteiger partial charge in [0, 0.05) is 29.6 Å². The Bertz CT molecular complexity index is 908. The minimum absolute atomic E-state index is 0.170. The lowest BCUT2D eigenvalue weighted by atomic mass is 9.89. The van der Waals surface area contributed by atoms with Gasteiger partial charge in [0.2, 0.25) is 0 Å². The van der Waals surface area contributed by atoms with Crippen LogP contribution in [0.2, 0.25) is 0 Å². The van der Waals surface area contributed by atoms with E-state index in [2.05, 4.69) is 45.6 Å². The highest BCUT2D eigenvalue weighted by atomic mass is 32.1. The summed E-state index contributed by atoms with van der Waals surface area (Å²) in [5.74, 6) is 1.87. The van der Waals surface area contributed by atoms with Crippen molar-refractivity contribution in [1.29, 1.82) is 0 Å². The van der Waals surface area contributed by atoms with Crippen LogP contribution >= 0.6 is 11.3 Å². The first kappa shape index (κ1) is 16.2. The molecule has 0 radical (unpaired) electrons. The summed E-state index contributed by atoms with van der Waals surface area (Å²) in [6.07, 6.45) is 7.79. The van der Waals surface area contributed by atoms with Crippen LogP contribution in [0, 0.1) is 5.92 Å². The quantitative estimate of drug-likeness (QED) is 0.743. The number of rotatable bonds is 4. The predicted molar refractivity (Wildman–Crippen MR) is 109 cm³/mol. The van der Waals surface area contributed by atoms with E-state index in [1.54, 1.807) is 17.7 Å². The minimum atomic E-state index is 0.170. The number of thiophene rings is 1. The molecule has 0 bridgehead atoms. The number of fused-ring (bicyclic) bond motifs is 1. The standard InChI is InChI=1S/C21H24N4S/c22-21(8-9-21)12-15-6-10-25(11-7-15)19-18-17(16-4-2-1-3-5-16)13-26-20(18)24-14-23-19/h1-5,13-15H,6-12,22H2. The van der Waals surface area contributed by atoms with E-state index >= 15 is 0 Å². The molecule has 2 aromatic heterocycles. The van der Waals surface area contributed by atoms with Crippen LogP contribution in [-0.2, 0) is 0 Å². The second-order valence-corrected chi connectivity index (χ2v) is 8.75. The largest absolute Gasteiger partial charge is 0.356 e. The van der Waals surface area contributed by atoms with Crippen LogP contribution in [-0.4, -0.2) is 28.6 Å². The fraction of sp³-hybridized carbons (Fsp3) is 0.429. The van der Waals surface area contributed by atoms with Gasteiger partial charge in [-0.1, -0.05) is 30.3 Å². The Balaban J connectivity index is 1.43. The van der Waals surface area contributed by atoms with E-state index in [9.17, 15) is 0 Å². The van der Waals surface area contributed by atoms with Gasteiger partial charge in [-0.15, -0.1) is 11.3 Å². The van der Waals surface area contributed by atoms with E-state index in [1.165, 1.54) is 48.6 Å². The Kier molecular flexibility index (Phi) is 3.94. The Morgan fingerprint density at radius 2 is 1.88 bits per heavy atom. The molecule has 1 aliphatic carbocycles. The third-order valence-electron chi connectivity index (χ3n) is 5.94. The molecule has 1 aliphatic heterocycles. The van der Waals surface area contributed by atoms with E-state index in [4.69, 9.17) is 10.7 Å². The SMILES string of the molecule is NC1(CC2CCN(c3ncnc4scc(-c5ccccc5)c34)CC2)CC1. The van der Waals surface area contributed by atoms with Crippen molar-refractivity contribution >= 4 is 27.4 Å². The van der Waals surface area contributed by atoms with Crippen LogP contribution in [0.25, 0.3) is 21.3 Å². The zero-order valence-electron chi connectivity index (χ0n) is 14.9. The van der Waals surface area contributed by atoms with Crippen molar-refractivity contribution in [2.75, 3.05) is 18.0 Å². The summed E-state index contributed by atoms with van der Waals surface area (Å²) in [5.41, 5.74) is 9.00. The lowest BCUT2D eigenvalue weighted by Gasteiger charge is -2.34. The molecule has 0 spiro atoms. The predicted octanol–water partition coefficient (Wildman–Crippen LogP) is 4.46. The summed E-state index contributed by atoms with van der Waals surface area (Å²) in [6, 6.07) is 10.6. The summed E-state index contributed by atoms with van der Waals surface area (Å²) in [6.45, 7) is 2.13. The third kappa shape index (κ3) is 2.99. The first-order chi connectivity index (χ1) is 12.7. The van der Waals surface area contributed by atoms with E-state index in [1.807, 2.05) is 0 Å². The number of hydrogen-bond acceptors (Lipinski definition) is 5. The molecule has 1 saturated carbocycles. The van der Waals surface area contributed by atoms with E-state index in [-0.39, 0.29) is 5.54 Å². The van der Waals surface area contributed by atoms with E-state index in [0.717, 1.165) is 29.7 Å². The maximum Gasteiger partial charge on any atom is 0.141 e. The molecule has 5 rings (SSSR count). The highest BCUT2D eigenvalue weighted by molar-refractivity contribution is 7.17. The van der Waals surface area contributed by atoms with Gasteiger partial charge in [0.05, 0.1) is 5.39 Å². The second-order valence-electron chi connectivity index (χ2n) is 7.89. The molecule has 3 aromatic rings. The molecular weight excluding hydrogens is 340 g/mol. The van der Waals surface area contributed by atoms with Crippen LogP contribution in [0.5, 0.6) is 0 Å². The number of aromatic nitrogens is 2. The molecule has 0 atom stereocenters. The number of anilines is 1. The Morgan fingerprint density at radius 1 is 1.12 bits per heavy atom. The van der Waals surface area contributed by atoms with Crippen molar-refractivity contribution < 1.29 is 0 Å². The monoisotopic (exact) mass is 364 g/mol. The molecule has 0 unspecified atom stereocenters. The lowest BCUT2D eigenvalue weighted by Crippen LogP contribution is -2.37. The molecule has 3 heterocycles. The maximum atomic E-state index is 6.34. The van der Waals surface area contributed by atoms with Gasteiger partial charge < -0.3 is 10.6 Å². The van der Waals surface area contributed by atoms with Crippen molar-refractivity contribution in [1.82, 2.24) is 9.97 Å². The van der Waals surface area contributed by atoms with Crippen LogP contribution < -0.4 is 10.6 Å². The molecular formula is C21H24N4S. The van der Waals surface area contributed by atoms with Gasteiger partial charge >= 0.3 is 0 Å². The minimum Gasteiger partial charge on any atom is -0.356 e. The molecule has 1 aromatic carbocycles. The van der Waals surface area contributed by atoms with Gasteiger partial charge in [-0.3, -0.25) is 0 Å². The fourth-order valence-electron chi connectivity index (χ4n) is 4.22. The maximum absolute atomic E-state index is 6.34. The summed E-state index contributed by atoms with van der Waals surface area (Å²) >= 11 is 1.71. The molecule has 1 saturated heterocycles. The van der Waals surface area contributed by atoms with Gasteiger partial charge in [0.15, 0.2) is 0 Å². The van der Waals surface area contributed by atoms with Crippen LogP contribution in [0.15, 0.2) is 42.0 Å². The van der Waals surface area contributed by atoms with Crippen molar-refractivity contribution in [3.63, 3.8) is 0 Å². The average Bonchev–Trinajstić information content (AvgIpc) is 3.24. The van der Waals surface area contributed by atoms with Gasteiger partial charge in [-0.05, 0) is 43.6 Å². The van der Waals surface area contributed by atoms with Crippen LogP contribution in [0.1, 0.15) is 32.1 Å². The molecule has 2 N–H and O–H groups in total. The molecule has 26 heavy (non-hydrogen) atoms. The zero-order chi connectivity index (χ0) is 17.6.